The van der Waals surface area contributed by atoms with Crippen LogP contribution in [0.2, 0.25) is 0 Å². The van der Waals surface area contributed by atoms with E-state index in [1.165, 1.54) is 10.6 Å². The highest BCUT2D eigenvalue weighted by molar-refractivity contribution is 7.73. The summed E-state index contributed by atoms with van der Waals surface area (Å²) in [5, 5.41) is 12.3. The molecule has 0 spiro atoms. The largest absolute Gasteiger partial charge is 0.481 e. The molecule has 0 heterocycles. The number of hydrogen-bond donors (Lipinski definition) is 1. The number of hydrogen-bond acceptors (Lipinski definition) is 3. The zero-order valence-electron chi connectivity index (χ0n) is 14.4. The quantitative estimate of drug-likeness (QED) is 0.807. The Bertz CT molecular complexity index is 652. The number of carboxylic acid groups (broad SMARTS) is 1. The average molecular weight is 358 g/mol. The van der Waals surface area contributed by atoms with E-state index in [4.69, 9.17) is 9.47 Å². The van der Waals surface area contributed by atoms with Crippen LogP contribution in [-0.4, -0.2) is 43.2 Å². The molecule has 4 atom stereocenters. The van der Waals surface area contributed by atoms with Gasteiger partial charge in [0.05, 0.1) is 18.1 Å². The van der Waals surface area contributed by atoms with E-state index in [2.05, 4.69) is 24.3 Å². The van der Waals surface area contributed by atoms with Gasteiger partial charge in [0.15, 0.2) is 0 Å². The molecule has 132 valence electrons. The standard InChI is InChI=1S/C20H23O4P/c1-23-16-13-17(18(20(21)22)19(16)24-2)25(14-9-5-3-6-10-14)15-11-7-4-8-12-15/h3-12,16-19H,13H2,1-2H3,(H,21,22)/t16-,17-,18+,19+/m0/s1. The molecular formula is C20H23O4P. The van der Waals surface area contributed by atoms with Crippen LogP contribution in [0.15, 0.2) is 60.7 Å². The van der Waals surface area contributed by atoms with E-state index in [0.29, 0.717) is 6.42 Å². The first-order valence-corrected chi connectivity index (χ1v) is 9.76. The maximum atomic E-state index is 12.1. The number of ether oxygens (including phenoxy) is 2. The van der Waals surface area contributed by atoms with Gasteiger partial charge in [-0.1, -0.05) is 60.7 Å². The molecule has 5 heteroatoms. The minimum absolute atomic E-state index is 0.0350. The number of carbonyl (C=O) groups is 1. The minimum atomic E-state index is -0.829. The molecule has 1 aliphatic rings. The van der Waals surface area contributed by atoms with Crippen LogP contribution in [0, 0.1) is 5.92 Å². The number of aliphatic carboxylic acids is 1. The highest BCUT2D eigenvalue weighted by Crippen LogP contribution is 2.51. The first-order valence-electron chi connectivity index (χ1n) is 8.35. The van der Waals surface area contributed by atoms with Crippen molar-refractivity contribution >= 4 is 24.5 Å². The predicted molar refractivity (Wildman–Crippen MR) is 100 cm³/mol. The maximum Gasteiger partial charge on any atom is 0.309 e. The van der Waals surface area contributed by atoms with Crippen molar-refractivity contribution < 1.29 is 19.4 Å². The summed E-state index contributed by atoms with van der Waals surface area (Å²) in [6.45, 7) is 0. The number of methoxy groups -OCH3 is 2. The number of carboxylic acids is 1. The van der Waals surface area contributed by atoms with Crippen LogP contribution in [0.25, 0.3) is 0 Å². The first-order chi connectivity index (χ1) is 12.2. The van der Waals surface area contributed by atoms with E-state index in [0.717, 1.165) is 0 Å². The van der Waals surface area contributed by atoms with E-state index < -0.39 is 25.9 Å². The van der Waals surface area contributed by atoms with Gasteiger partial charge in [-0.25, -0.2) is 0 Å². The minimum Gasteiger partial charge on any atom is -0.481 e. The molecule has 1 fully saturated rings. The van der Waals surface area contributed by atoms with E-state index in [9.17, 15) is 9.90 Å². The van der Waals surface area contributed by atoms with Crippen molar-refractivity contribution in [3.05, 3.63) is 60.7 Å². The van der Waals surface area contributed by atoms with Gasteiger partial charge in [-0.05, 0) is 25.0 Å². The first kappa shape index (κ1) is 18.1. The summed E-state index contributed by atoms with van der Waals surface area (Å²) in [5.41, 5.74) is -0.0350. The molecule has 0 amide bonds. The summed E-state index contributed by atoms with van der Waals surface area (Å²) in [4.78, 5) is 12.1. The van der Waals surface area contributed by atoms with E-state index in [-0.39, 0.29) is 11.8 Å². The van der Waals surface area contributed by atoms with E-state index in [1.54, 1.807) is 14.2 Å². The zero-order chi connectivity index (χ0) is 17.8. The molecule has 0 radical (unpaired) electrons. The fraction of sp³-hybridized carbons (Fsp3) is 0.350. The Morgan fingerprint density at radius 2 is 1.48 bits per heavy atom. The van der Waals surface area contributed by atoms with Crippen LogP contribution in [0.4, 0.5) is 0 Å². The Balaban J connectivity index is 2.07. The molecule has 0 bridgehead atoms. The molecule has 1 saturated carbocycles. The molecule has 1 N–H and O–H groups in total. The second-order valence-corrected chi connectivity index (χ2v) is 8.62. The van der Waals surface area contributed by atoms with Crippen LogP contribution in [0.1, 0.15) is 6.42 Å². The van der Waals surface area contributed by atoms with Crippen LogP contribution in [0.5, 0.6) is 0 Å². The van der Waals surface area contributed by atoms with Gasteiger partial charge in [0.25, 0.3) is 0 Å². The van der Waals surface area contributed by atoms with Gasteiger partial charge in [-0.2, -0.15) is 0 Å². The van der Waals surface area contributed by atoms with Crippen molar-refractivity contribution in [3.63, 3.8) is 0 Å². The predicted octanol–water partition coefficient (Wildman–Crippen LogP) is 2.62. The molecule has 0 aromatic heterocycles. The topological polar surface area (TPSA) is 55.8 Å². The monoisotopic (exact) mass is 358 g/mol. The average Bonchev–Trinajstić information content (AvgIpc) is 3.02. The van der Waals surface area contributed by atoms with Crippen molar-refractivity contribution in [2.24, 2.45) is 5.92 Å². The smallest absolute Gasteiger partial charge is 0.309 e. The molecule has 4 nitrogen and oxygen atoms in total. The number of benzene rings is 2. The third kappa shape index (κ3) is 3.62. The van der Waals surface area contributed by atoms with Crippen molar-refractivity contribution in [3.8, 4) is 0 Å². The molecule has 1 aliphatic carbocycles. The van der Waals surface area contributed by atoms with Crippen LogP contribution >= 0.6 is 7.92 Å². The third-order valence-electron chi connectivity index (χ3n) is 4.87. The molecule has 3 rings (SSSR count). The fourth-order valence-corrected chi connectivity index (χ4v) is 6.87. The summed E-state index contributed by atoms with van der Waals surface area (Å²) >= 11 is 0. The Labute approximate surface area is 149 Å². The second kappa shape index (κ2) is 8.09. The summed E-state index contributed by atoms with van der Waals surface area (Å²) in [6.07, 6.45) is 0.0556. The van der Waals surface area contributed by atoms with Gasteiger partial charge < -0.3 is 14.6 Å². The maximum absolute atomic E-state index is 12.1. The molecule has 25 heavy (non-hydrogen) atoms. The van der Waals surface area contributed by atoms with E-state index in [1.807, 2.05) is 36.4 Å². The second-order valence-electron chi connectivity index (χ2n) is 6.18. The van der Waals surface area contributed by atoms with Gasteiger partial charge in [-0.3, -0.25) is 4.79 Å². The van der Waals surface area contributed by atoms with Crippen molar-refractivity contribution in [2.75, 3.05) is 14.2 Å². The molecule has 0 aliphatic heterocycles. The van der Waals surface area contributed by atoms with Gasteiger partial charge in [0.2, 0.25) is 0 Å². The third-order valence-corrected chi connectivity index (χ3v) is 7.77. The molecule has 0 saturated heterocycles. The van der Waals surface area contributed by atoms with Crippen LogP contribution in [0.3, 0.4) is 0 Å². The highest BCUT2D eigenvalue weighted by atomic mass is 31.1. The fourth-order valence-electron chi connectivity index (χ4n) is 3.78. The molecule has 2 aromatic carbocycles. The van der Waals surface area contributed by atoms with Crippen LogP contribution < -0.4 is 10.6 Å². The van der Waals surface area contributed by atoms with Gasteiger partial charge in [0, 0.05) is 19.9 Å². The lowest BCUT2D eigenvalue weighted by Crippen LogP contribution is -2.37. The lowest BCUT2D eigenvalue weighted by Gasteiger charge is -2.29. The van der Waals surface area contributed by atoms with Crippen molar-refractivity contribution in [2.45, 2.75) is 24.3 Å². The summed E-state index contributed by atoms with van der Waals surface area (Å²) in [6, 6.07) is 20.4. The SMILES string of the molecule is CO[C@H]1[C@H](C(=O)O)[C@@H](P(c2ccccc2)c2ccccc2)C[C@@H]1OC. The van der Waals surface area contributed by atoms with Gasteiger partial charge >= 0.3 is 5.97 Å². The lowest BCUT2D eigenvalue weighted by molar-refractivity contribution is -0.147. The Morgan fingerprint density at radius 1 is 0.960 bits per heavy atom. The summed E-state index contributed by atoms with van der Waals surface area (Å²) < 4.78 is 11.1. The van der Waals surface area contributed by atoms with Crippen molar-refractivity contribution in [1.82, 2.24) is 0 Å². The Kier molecular flexibility index (Phi) is 5.85. The van der Waals surface area contributed by atoms with Gasteiger partial charge in [0.1, 0.15) is 0 Å². The summed E-state index contributed by atoms with van der Waals surface area (Å²) in [7, 11) is 2.37. The number of rotatable bonds is 6. The molecule has 2 aromatic rings. The van der Waals surface area contributed by atoms with Crippen LogP contribution in [-0.2, 0) is 14.3 Å². The summed E-state index contributed by atoms with van der Waals surface area (Å²) in [5.74, 6) is -1.39. The molecule has 0 unspecified atom stereocenters. The van der Waals surface area contributed by atoms with Gasteiger partial charge in [-0.15, -0.1) is 0 Å². The van der Waals surface area contributed by atoms with Crippen molar-refractivity contribution in [1.29, 1.82) is 0 Å². The Morgan fingerprint density at radius 3 is 1.88 bits per heavy atom. The lowest BCUT2D eigenvalue weighted by atomic mass is 10.1. The normalized spacial score (nSPS) is 26.0. The highest BCUT2D eigenvalue weighted by Gasteiger charge is 2.51. The van der Waals surface area contributed by atoms with E-state index >= 15 is 0 Å². The Hall–Kier alpha value is -1.74. The zero-order valence-corrected chi connectivity index (χ0v) is 15.3. The molecular weight excluding hydrogens is 335 g/mol.